The van der Waals surface area contributed by atoms with Crippen LogP contribution in [0.5, 0.6) is 23.0 Å². The van der Waals surface area contributed by atoms with Gasteiger partial charge in [0.25, 0.3) is 5.91 Å². The summed E-state index contributed by atoms with van der Waals surface area (Å²) in [7, 11) is -1.99. The predicted octanol–water partition coefficient (Wildman–Crippen LogP) is 0.255. The van der Waals surface area contributed by atoms with Crippen molar-refractivity contribution in [3.63, 3.8) is 0 Å². The van der Waals surface area contributed by atoms with E-state index in [0.29, 0.717) is 17.5 Å². The number of quaternary nitrogens is 1. The number of phenolic OH excluding ortho intramolecular Hbond substituents is 3. The Morgan fingerprint density at radius 3 is 2.13 bits per heavy atom. The molecule has 0 heterocycles. The monoisotopic (exact) mass is 665 g/mol. The molecule has 2 amide bonds. The van der Waals surface area contributed by atoms with Crippen LogP contribution in [0.25, 0.3) is 0 Å². The van der Waals surface area contributed by atoms with Crippen LogP contribution >= 0.6 is 0 Å². The zero-order chi connectivity index (χ0) is 34.6. The van der Waals surface area contributed by atoms with Gasteiger partial charge in [-0.05, 0) is 59.6 Å². The van der Waals surface area contributed by atoms with Crippen molar-refractivity contribution in [1.82, 2.24) is 10.6 Å². The van der Waals surface area contributed by atoms with Gasteiger partial charge < -0.3 is 45.7 Å². The highest BCUT2D eigenvalue weighted by Crippen LogP contribution is 2.61. The molecule has 252 valence electrons. The zero-order valence-electron chi connectivity index (χ0n) is 25.9. The summed E-state index contributed by atoms with van der Waals surface area (Å²) in [6.45, 7) is 3.45. The molecule has 0 aromatic heterocycles. The molecular weight excluding hydrogens is 626 g/mol. The van der Waals surface area contributed by atoms with Gasteiger partial charge in [0.15, 0.2) is 34.8 Å². The third-order valence-electron chi connectivity index (χ3n) is 8.78. The molecule has 0 saturated heterocycles. The Hall–Kier alpha value is -4.41. The smallest absolute Gasteiger partial charge is 0.412 e. The van der Waals surface area contributed by atoms with Gasteiger partial charge >= 0.3 is 12.1 Å². The molecule has 2 aromatic carbocycles. The molecule has 8 N–H and O–H groups in total. The zero-order valence-corrected chi connectivity index (χ0v) is 26.7. The van der Waals surface area contributed by atoms with Gasteiger partial charge in [-0.15, -0.1) is 0 Å². The van der Waals surface area contributed by atoms with E-state index in [2.05, 4.69) is 16.4 Å². The number of Topliss-reactive ketones (excluding diaryl/α,β-unsaturated/α-hetero) is 1. The Labute approximate surface area is 265 Å². The first kappa shape index (κ1) is 36.1. The standard InChI is InChI=1S/C21H25N3O8.C9H14O4S/c1-23-21(30)32-18-10-12(4-6-16(18)26)8-14(20(29)31-2)24-19(28)13(22)7-11-3-5-15(25)17(27)9-11;1-8(2)6-3-4-9(8,7(10)5-6)14(11,12)13/h3-6,9-10,13-14,25-27H,7-8,22H2,1-2H3,(H,23,30)(H,24,28);6H,3-5H2,1-2H3,(H,11,12,13)/t13-,14-;6-,9-/m01/s1. The first-order valence-electron chi connectivity index (χ1n) is 14.3. The number of ketones is 1. The van der Waals surface area contributed by atoms with Crippen LogP contribution in [0.3, 0.4) is 0 Å². The van der Waals surface area contributed by atoms with Crippen LogP contribution in [0.1, 0.15) is 44.2 Å². The molecule has 2 aromatic rings. The van der Waals surface area contributed by atoms with E-state index in [0.717, 1.165) is 0 Å². The maximum absolute atomic E-state index is 12.6. The van der Waals surface area contributed by atoms with Crippen molar-refractivity contribution in [3.8, 4) is 23.0 Å². The second-order valence-corrected chi connectivity index (χ2v) is 13.4. The average Bonchev–Trinajstić information content (AvgIpc) is 3.37. The topological polar surface area (TPSA) is 256 Å². The van der Waals surface area contributed by atoms with Crippen molar-refractivity contribution < 1.29 is 62.7 Å². The number of nitrogens with one attached hydrogen (secondary N) is 2. The number of ether oxygens (including phenoxy) is 2. The van der Waals surface area contributed by atoms with E-state index in [-0.39, 0.29) is 60.4 Å². The molecular formula is C30H39N3O12S. The van der Waals surface area contributed by atoms with E-state index in [9.17, 15) is 47.5 Å². The van der Waals surface area contributed by atoms with Crippen LogP contribution in [0.4, 0.5) is 4.79 Å². The van der Waals surface area contributed by atoms with E-state index < -0.39 is 50.3 Å². The van der Waals surface area contributed by atoms with E-state index >= 15 is 0 Å². The number of amides is 2. The molecule has 0 unspecified atom stereocenters. The van der Waals surface area contributed by atoms with Gasteiger partial charge in [0.2, 0.25) is 0 Å². The molecule has 2 bridgehead atoms. The fourth-order valence-electron chi connectivity index (χ4n) is 6.07. The van der Waals surface area contributed by atoms with Gasteiger partial charge in [0.1, 0.15) is 20.9 Å². The summed E-state index contributed by atoms with van der Waals surface area (Å²) in [4.78, 5) is 47.9. The summed E-state index contributed by atoms with van der Waals surface area (Å²) in [6.07, 6.45) is 0.520. The first-order chi connectivity index (χ1) is 21.4. The Bertz CT molecular complexity index is 1610. The molecule has 2 fully saturated rings. The van der Waals surface area contributed by atoms with Crippen LogP contribution in [-0.2, 0) is 42.1 Å². The number of esters is 1. The first-order valence-corrected chi connectivity index (χ1v) is 15.7. The fourth-order valence-corrected chi connectivity index (χ4v) is 7.61. The third kappa shape index (κ3) is 7.35. The Balaban J connectivity index is 0.000000339. The second-order valence-electron chi connectivity index (χ2n) is 11.8. The lowest BCUT2D eigenvalue weighted by molar-refractivity contribution is -0.403. The molecule has 0 spiro atoms. The van der Waals surface area contributed by atoms with Crippen molar-refractivity contribution in [2.24, 2.45) is 11.3 Å². The molecule has 4 atom stereocenters. The van der Waals surface area contributed by atoms with Crippen molar-refractivity contribution in [1.29, 1.82) is 0 Å². The highest BCUT2D eigenvalue weighted by atomic mass is 32.2. The Morgan fingerprint density at radius 1 is 1.04 bits per heavy atom. The maximum Gasteiger partial charge on any atom is 0.412 e. The summed E-state index contributed by atoms with van der Waals surface area (Å²) in [5.74, 6) is -2.51. The van der Waals surface area contributed by atoms with Gasteiger partial charge in [0.05, 0.1) is 7.11 Å². The number of methoxy groups -OCH3 is 1. The van der Waals surface area contributed by atoms with Crippen molar-refractivity contribution >= 4 is 33.9 Å². The highest BCUT2D eigenvalue weighted by Gasteiger charge is 2.68. The molecule has 2 saturated carbocycles. The van der Waals surface area contributed by atoms with Crippen LogP contribution in [-0.4, -0.2) is 83.0 Å². The van der Waals surface area contributed by atoms with Crippen LogP contribution in [0.15, 0.2) is 36.4 Å². The normalized spacial score (nSPS) is 20.9. The molecule has 4 rings (SSSR count). The van der Waals surface area contributed by atoms with Gasteiger partial charge in [-0.2, -0.15) is 0 Å². The quantitative estimate of drug-likeness (QED) is 0.120. The van der Waals surface area contributed by atoms with Crippen LogP contribution in [0, 0.1) is 11.3 Å². The number of fused-ring (bicyclic) bond motifs is 2. The fraction of sp³-hybridized carbons (Fsp3) is 0.467. The number of carbonyl (C=O) groups excluding carboxylic acids is 4. The third-order valence-corrected chi connectivity index (χ3v) is 10.6. The highest BCUT2D eigenvalue weighted by molar-refractivity contribution is 7.88. The van der Waals surface area contributed by atoms with Gasteiger partial charge in [-0.1, -0.05) is 26.0 Å². The molecule has 46 heavy (non-hydrogen) atoms. The molecule has 2 aliphatic carbocycles. The van der Waals surface area contributed by atoms with Gasteiger partial charge in [0, 0.05) is 26.3 Å². The molecule has 0 aliphatic heterocycles. The average molecular weight is 666 g/mol. The number of aromatic hydroxyl groups is 3. The van der Waals surface area contributed by atoms with E-state index in [4.69, 9.17) is 9.47 Å². The summed E-state index contributed by atoms with van der Waals surface area (Å²) >= 11 is 0. The minimum absolute atomic E-state index is 0.00445. The molecule has 16 heteroatoms. The number of hydrogen-bond donors (Lipinski definition) is 6. The molecule has 2 aliphatic rings. The number of benzene rings is 2. The van der Waals surface area contributed by atoms with E-state index in [1.54, 1.807) is 19.9 Å². The number of hydrogen-bond acceptors (Lipinski definition) is 12. The molecule has 15 nitrogen and oxygen atoms in total. The largest absolute Gasteiger partial charge is 0.747 e. The minimum atomic E-state index is -4.53. The number of phenols is 3. The predicted molar refractivity (Wildman–Crippen MR) is 160 cm³/mol. The van der Waals surface area contributed by atoms with Crippen LogP contribution < -0.4 is 21.1 Å². The van der Waals surface area contributed by atoms with E-state index in [1.807, 2.05) is 0 Å². The summed E-state index contributed by atoms with van der Waals surface area (Å²) < 4.78 is 41.9. The number of rotatable bonds is 9. The number of carbonyl (C=O) groups is 4. The lowest BCUT2D eigenvalue weighted by Gasteiger charge is -2.38. The summed E-state index contributed by atoms with van der Waals surface area (Å²) in [5.41, 5.74) is 4.17. The van der Waals surface area contributed by atoms with Crippen molar-refractivity contribution in [2.45, 2.75) is 62.8 Å². The van der Waals surface area contributed by atoms with E-state index in [1.165, 1.54) is 44.5 Å². The SMILES string of the molecule is CC1(C)[C@@H]2CC[C@@]1(S(=O)(=O)[O-])C(=O)C2.CNC(=O)Oc1cc(C[C@H](NC(=O)[C@@H]([NH3+])Cc2ccc(O)c(O)c2)C(=O)OC)ccc1O. The second kappa shape index (κ2) is 13.9. The van der Waals surface area contributed by atoms with Gasteiger partial charge in [-0.3, -0.25) is 9.59 Å². The van der Waals surface area contributed by atoms with Crippen LogP contribution in [0.2, 0.25) is 0 Å². The lowest BCUT2D eigenvalue weighted by atomic mass is 9.81. The van der Waals surface area contributed by atoms with Gasteiger partial charge in [-0.25, -0.2) is 18.0 Å². The maximum atomic E-state index is 12.6. The Morgan fingerprint density at radius 2 is 1.65 bits per heavy atom. The Kier molecular flexibility index (Phi) is 10.9. The minimum Gasteiger partial charge on any atom is -0.747 e. The lowest BCUT2D eigenvalue weighted by Crippen LogP contribution is -2.69. The van der Waals surface area contributed by atoms with Crippen molar-refractivity contribution in [2.75, 3.05) is 14.2 Å². The van der Waals surface area contributed by atoms with Crippen molar-refractivity contribution in [3.05, 3.63) is 47.5 Å². The summed E-state index contributed by atoms with van der Waals surface area (Å²) in [5, 5.41) is 33.7. The summed E-state index contributed by atoms with van der Waals surface area (Å²) in [6, 6.07) is 6.47. The molecule has 0 radical (unpaired) electrons.